The summed E-state index contributed by atoms with van der Waals surface area (Å²) in [6.45, 7) is 9.60. The van der Waals surface area contributed by atoms with Crippen LogP contribution in [0.4, 0.5) is 5.69 Å². The van der Waals surface area contributed by atoms with Crippen LogP contribution < -0.4 is 32.2 Å². The Hall–Kier alpha value is -5.28. The maximum atomic E-state index is 13.5. The molecule has 0 radical (unpaired) electrons. The van der Waals surface area contributed by atoms with E-state index in [0.717, 1.165) is 0 Å². The van der Waals surface area contributed by atoms with E-state index < -0.39 is 90.0 Å². The highest BCUT2D eigenvalue weighted by Gasteiger charge is 2.34. The van der Waals surface area contributed by atoms with E-state index in [0.29, 0.717) is 17.4 Å². The Morgan fingerprint density at radius 3 is 1.98 bits per heavy atom. The van der Waals surface area contributed by atoms with Crippen LogP contribution in [0.2, 0.25) is 0 Å². The van der Waals surface area contributed by atoms with Crippen LogP contribution in [0, 0.1) is 18.8 Å². The highest BCUT2D eigenvalue weighted by molar-refractivity contribution is 6.01. The molecule has 2 rings (SSSR count). The van der Waals surface area contributed by atoms with Gasteiger partial charge in [-0.3, -0.25) is 33.6 Å². The van der Waals surface area contributed by atoms with Crippen LogP contribution >= 0.6 is 0 Å². The summed E-state index contributed by atoms with van der Waals surface area (Å²) in [5.41, 5.74) is 0.381. The van der Waals surface area contributed by atoms with Gasteiger partial charge in [0.25, 0.3) is 0 Å². The Bertz CT molecular complexity index is 1600. The van der Waals surface area contributed by atoms with Crippen LogP contribution in [0.5, 0.6) is 0 Å². The van der Waals surface area contributed by atoms with Gasteiger partial charge in [-0.05, 0) is 42.9 Å². The lowest BCUT2D eigenvalue weighted by molar-refractivity contribution is -0.141. The molecule has 0 bridgehead atoms. The van der Waals surface area contributed by atoms with Crippen molar-refractivity contribution in [2.75, 3.05) is 5.32 Å². The van der Waals surface area contributed by atoms with Gasteiger partial charge >= 0.3 is 17.6 Å². The molecule has 2 aromatic rings. The zero-order chi connectivity index (χ0) is 36.3. The van der Waals surface area contributed by atoms with Crippen molar-refractivity contribution in [1.82, 2.24) is 21.3 Å². The van der Waals surface area contributed by atoms with E-state index in [9.17, 15) is 48.6 Å². The van der Waals surface area contributed by atoms with Crippen molar-refractivity contribution in [3.05, 3.63) is 40.2 Å². The number of nitrogens with one attached hydrogen (secondary N) is 5. The third-order valence-electron chi connectivity index (χ3n) is 7.61. The van der Waals surface area contributed by atoms with E-state index in [1.54, 1.807) is 40.7 Å². The lowest BCUT2D eigenvalue weighted by atomic mass is 9.96. The van der Waals surface area contributed by atoms with Gasteiger partial charge in [0, 0.05) is 36.6 Å². The number of aliphatic carboxylic acids is 2. The first-order valence-corrected chi connectivity index (χ1v) is 15.4. The number of amides is 5. The average molecular weight is 674 g/mol. The molecule has 262 valence electrons. The number of benzene rings is 1. The predicted octanol–water partition coefficient (Wildman–Crippen LogP) is 1.04. The molecule has 0 aliphatic rings. The number of carboxylic acids is 2. The molecule has 0 fully saturated rings. The second-order valence-corrected chi connectivity index (χ2v) is 11.9. The van der Waals surface area contributed by atoms with E-state index >= 15 is 0 Å². The van der Waals surface area contributed by atoms with Crippen LogP contribution in [0.15, 0.2) is 33.5 Å². The van der Waals surface area contributed by atoms with Gasteiger partial charge in [-0.25, -0.2) is 4.79 Å². The molecule has 1 aromatic heterocycles. The fraction of sp³-hybridized carbons (Fsp3) is 0.500. The van der Waals surface area contributed by atoms with Crippen molar-refractivity contribution < 1.29 is 48.2 Å². The summed E-state index contributed by atoms with van der Waals surface area (Å²) in [6, 6.07) is 0.410. The van der Waals surface area contributed by atoms with Crippen LogP contribution in [0.25, 0.3) is 11.0 Å². The lowest BCUT2D eigenvalue weighted by Gasteiger charge is -2.29. The van der Waals surface area contributed by atoms with E-state index in [1.807, 2.05) is 0 Å². The second-order valence-electron chi connectivity index (χ2n) is 11.9. The van der Waals surface area contributed by atoms with Gasteiger partial charge in [-0.1, -0.05) is 34.1 Å². The maximum Gasteiger partial charge on any atom is 0.336 e. The van der Waals surface area contributed by atoms with Crippen molar-refractivity contribution >= 4 is 58.1 Å². The van der Waals surface area contributed by atoms with Crippen molar-refractivity contribution in [2.45, 2.75) is 91.4 Å². The van der Waals surface area contributed by atoms with Gasteiger partial charge in [-0.15, -0.1) is 0 Å². The Morgan fingerprint density at radius 1 is 0.792 bits per heavy atom. The molecule has 1 heterocycles. The number of carboxylic acid groups (broad SMARTS) is 2. The topological polar surface area (TPSA) is 250 Å². The van der Waals surface area contributed by atoms with E-state index in [4.69, 9.17) is 4.42 Å². The molecule has 0 spiro atoms. The Labute approximate surface area is 276 Å². The van der Waals surface area contributed by atoms with Crippen molar-refractivity contribution in [1.29, 1.82) is 0 Å². The molecule has 5 amide bonds. The van der Waals surface area contributed by atoms with E-state index in [2.05, 4.69) is 26.6 Å². The zero-order valence-corrected chi connectivity index (χ0v) is 27.7. The van der Waals surface area contributed by atoms with Gasteiger partial charge in [0.15, 0.2) is 0 Å². The molecule has 5 atom stereocenters. The highest BCUT2D eigenvalue weighted by atomic mass is 16.4. The van der Waals surface area contributed by atoms with Gasteiger partial charge in [-0.2, -0.15) is 0 Å². The van der Waals surface area contributed by atoms with Crippen molar-refractivity contribution in [2.24, 2.45) is 11.8 Å². The van der Waals surface area contributed by atoms with Crippen LogP contribution in [0.1, 0.15) is 65.9 Å². The molecule has 0 aliphatic carbocycles. The summed E-state index contributed by atoms with van der Waals surface area (Å²) in [4.78, 5) is 99.6. The first kappa shape index (κ1) is 38.9. The van der Waals surface area contributed by atoms with E-state index in [1.165, 1.54) is 25.1 Å². The molecule has 0 saturated heterocycles. The lowest BCUT2D eigenvalue weighted by Crippen LogP contribution is -2.60. The quantitative estimate of drug-likeness (QED) is 0.117. The number of hydrogen-bond acceptors (Lipinski definition) is 9. The third-order valence-corrected chi connectivity index (χ3v) is 7.61. The summed E-state index contributed by atoms with van der Waals surface area (Å²) >= 11 is 0. The number of hydrogen-bond donors (Lipinski definition) is 7. The smallest absolute Gasteiger partial charge is 0.336 e. The minimum absolute atomic E-state index is 0.161. The molecular weight excluding hydrogens is 630 g/mol. The molecule has 16 heteroatoms. The zero-order valence-electron chi connectivity index (χ0n) is 27.7. The van der Waals surface area contributed by atoms with Gasteiger partial charge < -0.3 is 41.2 Å². The number of fused-ring (bicyclic) bond motifs is 1. The minimum Gasteiger partial charge on any atom is -0.481 e. The Balaban J connectivity index is 2.31. The number of aryl methyl sites for hydroxylation is 1. The average Bonchev–Trinajstić information content (AvgIpc) is 2.98. The number of anilines is 1. The van der Waals surface area contributed by atoms with Crippen LogP contribution in [-0.4, -0.2) is 75.9 Å². The van der Waals surface area contributed by atoms with Gasteiger partial charge in [0.2, 0.25) is 29.5 Å². The summed E-state index contributed by atoms with van der Waals surface area (Å²) < 4.78 is 5.19. The molecule has 0 aliphatic heterocycles. The normalized spacial score (nSPS) is 14.1. The molecule has 48 heavy (non-hydrogen) atoms. The molecule has 0 saturated carbocycles. The molecule has 0 unspecified atom stereocenters. The molecule has 1 aromatic carbocycles. The summed E-state index contributed by atoms with van der Waals surface area (Å²) in [5.74, 6) is -7.54. The monoisotopic (exact) mass is 673 g/mol. The fourth-order valence-corrected chi connectivity index (χ4v) is 4.79. The Kier molecular flexibility index (Phi) is 14.3. The minimum atomic E-state index is -1.61. The standard InChI is InChI=1S/C32H43N5O11/c1-7-16(4)28(37-29(44)21(10-11-24(39)40)35-31(46)27(15(2)3)33-18(6)38)32(47)36-22(14-25(41)42)30(45)34-19-8-9-20-17(5)12-26(43)48-23(20)13-19/h8-9,12-13,15-16,21-22,27-28H,7,10-11,14H2,1-6H3,(H,33,38)(H,34,45)(H,35,46)(H,36,47)(H,37,44)(H,39,40)(H,41,42)/t16-,21-,22+,27+,28-/m0/s1. The Morgan fingerprint density at radius 2 is 1.42 bits per heavy atom. The first-order chi connectivity index (χ1) is 22.4. The van der Waals surface area contributed by atoms with Crippen molar-refractivity contribution in [3.63, 3.8) is 0 Å². The fourth-order valence-electron chi connectivity index (χ4n) is 4.79. The number of carbonyl (C=O) groups excluding carboxylic acids is 5. The highest BCUT2D eigenvalue weighted by Crippen LogP contribution is 2.21. The summed E-state index contributed by atoms with van der Waals surface area (Å²) in [5, 5.41) is 31.7. The summed E-state index contributed by atoms with van der Waals surface area (Å²) in [7, 11) is 0. The summed E-state index contributed by atoms with van der Waals surface area (Å²) in [6.07, 6.45) is -1.33. The maximum absolute atomic E-state index is 13.5. The molecular formula is C32H43N5O11. The largest absolute Gasteiger partial charge is 0.481 e. The second kappa shape index (κ2) is 17.6. The number of rotatable bonds is 17. The van der Waals surface area contributed by atoms with Gasteiger partial charge in [0.1, 0.15) is 29.8 Å². The van der Waals surface area contributed by atoms with E-state index in [-0.39, 0.29) is 23.6 Å². The number of carbonyl (C=O) groups is 7. The SMILES string of the molecule is CC[C@H](C)[C@H](NC(=O)[C@H](CCC(=O)O)NC(=O)[C@H](NC(C)=O)C(C)C)C(=O)N[C@H](CC(=O)O)C(=O)Nc1ccc2c(C)cc(=O)oc2c1. The molecule has 7 N–H and O–H groups in total. The van der Waals surface area contributed by atoms with Crippen LogP contribution in [0.3, 0.4) is 0 Å². The van der Waals surface area contributed by atoms with Crippen molar-refractivity contribution in [3.8, 4) is 0 Å². The predicted molar refractivity (Wildman–Crippen MR) is 173 cm³/mol. The van der Waals surface area contributed by atoms with Gasteiger partial charge in [0.05, 0.1) is 6.42 Å². The molecule has 16 nitrogen and oxygen atoms in total. The third kappa shape index (κ3) is 11.5. The first-order valence-electron chi connectivity index (χ1n) is 15.4. The van der Waals surface area contributed by atoms with Crippen LogP contribution in [-0.2, 0) is 33.6 Å².